The van der Waals surface area contributed by atoms with Gasteiger partial charge in [0.1, 0.15) is 0 Å². The number of carboxylic acids is 1. The third kappa shape index (κ3) is 3.20. The number of carbonyl (C=O) groups is 2. The molecule has 5 nitrogen and oxygen atoms in total. The van der Waals surface area contributed by atoms with Gasteiger partial charge in [-0.05, 0) is 26.7 Å². The summed E-state index contributed by atoms with van der Waals surface area (Å²) < 4.78 is 4.82. The van der Waals surface area contributed by atoms with Crippen molar-refractivity contribution >= 4 is 11.9 Å². The molecule has 0 heterocycles. The summed E-state index contributed by atoms with van der Waals surface area (Å²) in [6.07, 6.45) is 0.319. The van der Waals surface area contributed by atoms with E-state index in [-0.39, 0.29) is 12.8 Å². The largest absolute Gasteiger partial charge is 0.478 e. The Morgan fingerprint density at radius 2 is 1.67 bits per heavy atom. The van der Waals surface area contributed by atoms with E-state index in [9.17, 15) is 14.7 Å². The summed E-state index contributed by atoms with van der Waals surface area (Å²) in [5.41, 5.74) is -3.21. The van der Waals surface area contributed by atoms with Crippen LogP contribution >= 0.6 is 0 Å². The summed E-state index contributed by atoms with van der Waals surface area (Å²) in [7, 11) is 0. The highest BCUT2D eigenvalue weighted by molar-refractivity contribution is 5.85. The molecule has 88 valence electrons. The first kappa shape index (κ1) is 13.9. The maximum atomic E-state index is 11.4. The predicted octanol–water partition coefficient (Wildman–Crippen LogP) is 0.944. The molecule has 2 atom stereocenters. The molecule has 0 amide bonds. The monoisotopic (exact) mass is 218 g/mol. The molecule has 5 heteroatoms. The van der Waals surface area contributed by atoms with Gasteiger partial charge in [-0.15, -0.1) is 0 Å². The number of aliphatic hydroxyl groups is 1. The summed E-state index contributed by atoms with van der Waals surface area (Å²) in [5.74, 6) is -2.12. The quantitative estimate of drug-likeness (QED) is 0.671. The molecule has 0 aromatic carbocycles. The zero-order valence-electron chi connectivity index (χ0n) is 9.53. The first-order valence-electron chi connectivity index (χ1n) is 4.89. The summed E-state index contributed by atoms with van der Waals surface area (Å²) >= 11 is 0. The van der Waals surface area contributed by atoms with Crippen LogP contribution in [0.1, 0.15) is 40.5 Å². The lowest BCUT2D eigenvalue weighted by Gasteiger charge is -2.28. The zero-order chi connectivity index (χ0) is 12.3. The molecule has 0 saturated heterocycles. The number of carbonyl (C=O) groups excluding carboxylic acids is 1. The summed E-state index contributed by atoms with van der Waals surface area (Å²) in [4.78, 5) is 22.3. The summed E-state index contributed by atoms with van der Waals surface area (Å²) in [6.45, 7) is 5.82. The first-order chi connectivity index (χ1) is 6.69. The lowest BCUT2D eigenvalue weighted by atomic mass is 10.0. The van der Waals surface area contributed by atoms with Crippen LogP contribution < -0.4 is 0 Å². The van der Waals surface area contributed by atoms with E-state index in [1.54, 1.807) is 13.8 Å². The molecule has 0 rings (SSSR count). The van der Waals surface area contributed by atoms with Gasteiger partial charge in [-0.3, -0.25) is 0 Å². The van der Waals surface area contributed by atoms with Crippen LogP contribution in [0.3, 0.4) is 0 Å². The van der Waals surface area contributed by atoms with Gasteiger partial charge in [0.2, 0.25) is 5.60 Å². The second-order valence-corrected chi connectivity index (χ2v) is 3.91. The number of ether oxygens (including phenoxy) is 1. The Balaban J connectivity index is 4.72. The van der Waals surface area contributed by atoms with Crippen LogP contribution in [0.2, 0.25) is 0 Å². The minimum absolute atomic E-state index is 0.147. The molecule has 2 N–H and O–H groups in total. The number of carboxylic acid groups (broad SMARTS) is 1. The van der Waals surface area contributed by atoms with Gasteiger partial charge < -0.3 is 14.9 Å². The van der Waals surface area contributed by atoms with E-state index in [0.29, 0.717) is 0 Å². The molecular weight excluding hydrogens is 200 g/mol. The van der Waals surface area contributed by atoms with Crippen molar-refractivity contribution in [3.63, 3.8) is 0 Å². The number of hydrogen-bond donors (Lipinski definition) is 2. The second-order valence-electron chi connectivity index (χ2n) is 3.91. The fourth-order valence-corrected chi connectivity index (χ4v) is 0.726. The summed E-state index contributed by atoms with van der Waals surface area (Å²) in [6, 6.07) is 0. The van der Waals surface area contributed by atoms with Crippen LogP contribution in [-0.4, -0.2) is 33.4 Å². The van der Waals surface area contributed by atoms with E-state index in [0.717, 1.165) is 0 Å². The normalized spacial score (nSPS) is 18.7. The molecule has 0 radical (unpaired) electrons. The molecule has 0 aliphatic carbocycles. The van der Waals surface area contributed by atoms with E-state index >= 15 is 0 Å². The fraction of sp³-hybridized carbons (Fsp3) is 0.800. The molecule has 0 fully saturated rings. The third-order valence-electron chi connectivity index (χ3n) is 2.57. The van der Waals surface area contributed by atoms with Gasteiger partial charge in [0.25, 0.3) is 0 Å². The van der Waals surface area contributed by atoms with Crippen LogP contribution in [0.25, 0.3) is 0 Å². The Morgan fingerprint density at radius 1 is 1.20 bits per heavy atom. The minimum atomic E-state index is -1.63. The Hall–Kier alpha value is -1.10. The zero-order valence-corrected chi connectivity index (χ0v) is 9.53. The van der Waals surface area contributed by atoms with Crippen molar-refractivity contribution in [2.24, 2.45) is 0 Å². The van der Waals surface area contributed by atoms with E-state index in [2.05, 4.69) is 0 Å². The molecule has 0 aliphatic rings. The molecule has 0 spiro atoms. The van der Waals surface area contributed by atoms with Crippen LogP contribution in [-0.2, 0) is 14.3 Å². The third-order valence-corrected chi connectivity index (χ3v) is 2.57. The maximum Gasteiger partial charge on any atom is 0.347 e. The molecule has 2 unspecified atom stereocenters. The van der Waals surface area contributed by atoms with Gasteiger partial charge in [-0.25, -0.2) is 9.59 Å². The van der Waals surface area contributed by atoms with E-state index in [1.165, 1.54) is 13.8 Å². The van der Waals surface area contributed by atoms with Crippen molar-refractivity contribution < 1.29 is 24.5 Å². The van der Waals surface area contributed by atoms with Crippen molar-refractivity contribution in [3.8, 4) is 0 Å². The van der Waals surface area contributed by atoms with Crippen LogP contribution in [0, 0.1) is 0 Å². The SMILES string of the molecule is CCC(C)(O)C(=O)OC(C)(CC)C(=O)O. The Kier molecular flexibility index (Phi) is 4.27. The highest BCUT2D eigenvalue weighted by Gasteiger charge is 2.40. The fourth-order valence-electron chi connectivity index (χ4n) is 0.726. The minimum Gasteiger partial charge on any atom is -0.478 e. The molecule has 0 saturated carbocycles. The number of esters is 1. The van der Waals surface area contributed by atoms with Crippen LogP contribution in [0.15, 0.2) is 0 Å². The van der Waals surface area contributed by atoms with Gasteiger partial charge in [-0.2, -0.15) is 0 Å². The summed E-state index contributed by atoms with van der Waals surface area (Å²) in [5, 5.41) is 18.4. The molecule has 0 aromatic rings. The van der Waals surface area contributed by atoms with E-state index < -0.39 is 23.1 Å². The lowest BCUT2D eigenvalue weighted by Crippen LogP contribution is -2.46. The van der Waals surface area contributed by atoms with Gasteiger partial charge in [0.05, 0.1) is 0 Å². The molecule has 15 heavy (non-hydrogen) atoms. The lowest BCUT2D eigenvalue weighted by molar-refractivity contribution is -0.189. The second kappa shape index (κ2) is 4.61. The van der Waals surface area contributed by atoms with Gasteiger partial charge >= 0.3 is 11.9 Å². The molecule has 0 aliphatic heterocycles. The van der Waals surface area contributed by atoms with Crippen molar-refractivity contribution in [1.29, 1.82) is 0 Å². The Bertz CT molecular complexity index is 259. The number of hydrogen-bond acceptors (Lipinski definition) is 4. The number of aliphatic carboxylic acids is 1. The average molecular weight is 218 g/mol. The highest BCUT2D eigenvalue weighted by Crippen LogP contribution is 2.20. The first-order valence-corrected chi connectivity index (χ1v) is 4.89. The van der Waals surface area contributed by atoms with Crippen LogP contribution in [0.5, 0.6) is 0 Å². The Morgan fingerprint density at radius 3 is 1.93 bits per heavy atom. The van der Waals surface area contributed by atoms with Crippen molar-refractivity contribution in [1.82, 2.24) is 0 Å². The number of rotatable bonds is 5. The topological polar surface area (TPSA) is 83.8 Å². The van der Waals surface area contributed by atoms with Gasteiger partial charge in [-0.1, -0.05) is 13.8 Å². The highest BCUT2D eigenvalue weighted by atomic mass is 16.6. The van der Waals surface area contributed by atoms with Crippen LogP contribution in [0.4, 0.5) is 0 Å². The average Bonchev–Trinajstić information content (AvgIpc) is 2.17. The standard InChI is InChI=1S/C10H18O5/c1-5-9(3,14)8(13)15-10(4,6-2)7(11)12/h14H,5-6H2,1-4H3,(H,11,12). The molecule has 0 bridgehead atoms. The van der Waals surface area contributed by atoms with Crippen molar-refractivity contribution in [3.05, 3.63) is 0 Å². The van der Waals surface area contributed by atoms with Crippen molar-refractivity contribution in [2.45, 2.75) is 51.7 Å². The van der Waals surface area contributed by atoms with Crippen molar-refractivity contribution in [2.75, 3.05) is 0 Å². The van der Waals surface area contributed by atoms with E-state index in [1.807, 2.05) is 0 Å². The predicted molar refractivity (Wildman–Crippen MR) is 53.3 cm³/mol. The molecular formula is C10H18O5. The molecule has 0 aromatic heterocycles. The van der Waals surface area contributed by atoms with E-state index in [4.69, 9.17) is 9.84 Å². The van der Waals surface area contributed by atoms with Gasteiger partial charge in [0, 0.05) is 0 Å². The van der Waals surface area contributed by atoms with Gasteiger partial charge in [0.15, 0.2) is 5.60 Å². The maximum absolute atomic E-state index is 11.4. The Labute approximate surface area is 89.0 Å². The smallest absolute Gasteiger partial charge is 0.347 e.